The van der Waals surface area contributed by atoms with Gasteiger partial charge in [0.15, 0.2) is 0 Å². The number of aromatic amines is 1. The molecule has 4 rings (SSSR count). The normalized spacial score (nSPS) is 16.9. The van der Waals surface area contributed by atoms with Crippen molar-refractivity contribution < 1.29 is 4.79 Å². The third-order valence-corrected chi connectivity index (χ3v) is 5.52. The quantitative estimate of drug-likeness (QED) is 0.750. The molecular weight excluding hydrogens is 350 g/mol. The van der Waals surface area contributed by atoms with Crippen molar-refractivity contribution in [2.24, 2.45) is 7.05 Å². The van der Waals surface area contributed by atoms with Crippen LogP contribution in [0.25, 0.3) is 11.1 Å². The van der Waals surface area contributed by atoms with E-state index in [1.54, 1.807) is 0 Å². The van der Waals surface area contributed by atoms with Gasteiger partial charge >= 0.3 is 0 Å². The van der Waals surface area contributed by atoms with Crippen molar-refractivity contribution >= 4 is 5.91 Å². The molecule has 1 aliphatic rings. The fourth-order valence-electron chi connectivity index (χ4n) is 3.91. The second-order valence-electron chi connectivity index (χ2n) is 8.14. The molecule has 1 aromatic carbocycles. The second kappa shape index (κ2) is 7.26. The maximum Gasteiger partial charge on any atom is 0.274 e. The molecule has 0 bridgehead atoms. The molecule has 0 radical (unpaired) electrons. The first-order valence-electron chi connectivity index (χ1n) is 9.86. The zero-order valence-electron chi connectivity index (χ0n) is 16.9. The fraction of sp³-hybridized carbons (Fsp3) is 0.409. The van der Waals surface area contributed by atoms with Crippen molar-refractivity contribution in [2.45, 2.75) is 39.0 Å². The highest BCUT2D eigenvalue weighted by Crippen LogP contribution is 2.32. The van der Waals surface area contributed by atoms with Crippen LogP contribution in [0.1, 0.15) is 59.4 Å². The van der Waals surface area contributed by atoms with E-state index in [0.717, 1.165) is 30.8 Å². The van der Waals surface area contributed by atoms with Gasteiger partial charge in [-0.15, -0.1) is 0 Å². The Morgan fingerprint density at radius 3 is 2.71 bits per heavy atom. The number of benzene rings is 1. The van der Waals surface area contributed by atoms with Crippen LogP contribution in [-0.4, -0.2) is 43.9 Å². The molecule has 0 saturated carbocycles. The number of likely N-dealkylation sites (tertiary alicyclic amines) is 1. The molecule has 1 atom stereocenters. The van der Waals surface area contributed by atoms with Gasteiger partial charge in [0.2, 0.25) is 0 Å². The van der Waals surface area contributed by atoms with Crippen LogP contribution in [0.15, 0.2) is 36.7 Å². The van der Waals surface area contributed by atoms with Gasteiger partial charge in [0.1, 0.15) is 5.69 Å². The number of carbonyl (C=O) groups excluding carboxylic acids is 1. The Morgan fingerprint density at radius 1 is 1.21 bits per heavy atom. The minimum Gasteiger partial charge on any atom is -0.337 e. The standard InChI is InChI=1S/C22H27N5O/c1-14(2)20-10-21(25-24-20)22(28)27-6-5-16(13-27)17-7-15(3)8-18(9-17)19-11-23-26(4)12-19/h7-12,14,16H,5-6,13H2,1-4H3,(H,24,25). The van der Waals surface area contributed by atoms with E-state index in [-0.39, 0.29) is 5.91 Å². The van der Waals surface area contributed by atoms with E-state index in [1.165, 1.54) is 16.7 Å². The molecule has 3 aromatic rings. The number of hydrogen-bond donors (Lipinski definition) is 1. The topological polar surface area (TPSA) is 66.8 Å². The summed E-state index contributed by atoms with van der Waals surface area (Å²) >= 11 is 0. The van der Waals surface area contributed by atoms with Gasteiger partial charge in [0, 0.05) is 43.5 Å². The predicted molar refractivity (Wildman–Crippen MR) is 109 cm³/mol. The summed E-state index contributed by atoms with van der Waals surface area (Å²) in [7, 11) is 1.93. The maximum atomic E-state index is 12.9. The van der Waals surface area contributed by atoms with E-state index in [9.17, 15) is 4.79 Å². The van der Waals surface area contributed by atoms with Gasteiger partial charge in [-0.1, -0.05) is 37.6 Å². The highest BCUT2D eigenvalue weighted by Gasteiger charge is 2.29. The molecule has 3 heterocycles. The molecular formula is C22H27N5O. The SMILES string of the molecule is Cc1cc(-c2cnn(C)c2)cc(C2CCN(C(=O)c3cc(C(C)C)[nH]n3)C2)c1. The molecule has 1 amide bonds. The van der Waals surface area contributed by atoms with Crippen LogP contribution in [-0.2, 0) is 7.05 Å². The average molecular weight is 377 g/mol. The Kier molecular flexibility index (Phi) is 4.79. The van der Waals surface area contributed by atoms with Gasteiger partial charge in [0.25, 0.3) is 5.91 Å². The summed E-state index contributed by atoms with van der Waals surface area (Å²) in [6, 6.07) is 8.56. The first-order chi connectivity index (χ1) is 13.4. The van der Waals surface area contributed by atoms with Gasteiger partial charge in [-0.2, -0.15) is 10.2 Å². The summed E-state index contributed by atoms with van der Waals surface area (Å²) in [5.74, 6) is 0.701. The molecule has 2 aromatic heterocycles. The third kappa shape index (κ3) is 3.59. The van der Waals surface area contributed by atoms with Crippen LogP contribution in [0.2, 0.25) is 0 Å². The summed E-state index contributed by atoms with van der Waals surface area (Å²) in [6.45, 7) is 7.80. The summed E-state index contributed by atoms with van der Waals surface area (Å²) < 4.78 is 1.82. The van der Waals surface area contributed by atoms with Crippen LogP contribution >= 0.6 is 0 Å². The second-order valence-corrected chi connectivity index (χ2v) is 8.14. The molecule has 1 unspecified atom stereocenters. The molecule has 0 aliphatic carbocycles. The maximum absolute atomic E-state index is 12.9. The number of nitrogens with zero attached hydrogens (tertiary/aromatic N) is 4. The number of H-pyrrole nitrogens is 1. The molecule has 1 aliphatic heterocycles. The molecule has 6 nitrogen and oxygen atoms in total. The Hall–Kier alpha value is -2.89. The van der Waals surface area contributed by atoms with Gasteiger partial charge < -0.3 is 4.90 Å². The smallest absolute Gasteiger partial charge is 0.274 e. The zero-order valence-corrected chi connectivity index (χ0v) is 16.9. The first kappa shape index (κ1) is 18.5. The van der Waals surface area contributed by atoms with Crippen molar-refractivity contribution in [2.75, 3.05) is 13.1 Å². The number of rotatable bonds is 4. The highest BCUT2D eigenvalue weighted by atomic mass is 16.2. The fourth-order valence-corrected chi connectivity index (χ4v) is 3.91. The van der Waals surface area contributed by atoms with Crippen LogP contribution in [0.3, 0.4) is 0 Å². The molecule has 28 heavy (non-hydrogen) atoms. The Balaban J connectivity index is 1.52. The predicted octanol–water partition coefficient (Wildman–Crippen LogP) is 3.87. The van der Waals surface area contributed by atoms with Crippen molar-refractivity contribution in [3.05, 3.63) is 59.2 Å². The van der Waals surface area contributed by atoms with Crippen molar-refractivity contribution in [1.29, 1.82) is 0 Å². The van der Waals surface area contributed by atoms with Crippen LogP contribution in [0.5, 0.6) is 0 Å². The van der Waals surface area contributed by atoms with E-state index in [0.29, 0.717) is 17.5 Å². The van der Waals surface area contributed by atoms with E-state index in [2.05, 4.69) is 54.3 Å². The van der Waals surface area contributed by atoms with Crippen LogP contribution in [0, 0.1) is 6.92 Å². The molecule has 1 N–H and O–H groups in total. The van der Waals surface area contributed by atoms with Crippen molar-refractivity contribution in [1.82, 2.24) is 24.9 Å². The number of aromatic nitrogens is 4. The summed E-state index contributed by atoms with van der Waals surface area (Å²) in [5.41, 5.74) is 6.34. The number of hydrogen-bond acceptors (Lipinski definition) is 3. The molecule has 0 spiro atoms. The lowest BCUT2D eigenvalue weighted by molar-refractivity contribution is 0.0785. The van der Waals surface area contributed by atoms with Gasteiger partial charge in [-0.05, 0) is 36.5 Å². The Labute approximate surface area is 165 Å². The molecule has 1 saturated heterocycles. The van der Waals surface area contributed by atoms with E-state index < -0.39 is 0 Å². The third-order valence-electron chi connectivity index (χ3n) is 5.52. The monoisotopic (exact) mass is 377 g/mol. The molecule has 1 fully saturated rings. The molecule has 6 heteroatoms. The van der Waals surface area contributed by atoms with E-state index in [4.69, 9.17) is 0 Å². The first-order valence-corrected chi connectivity index (χ1v) is 9.86. The Morgan fingerprint density at radius 2 is 2.04 bits per heavy atom. The largest absolute Gasteiger partial charge is 0.337 e. The van der Waals surface area contributed by atoms with Crippen molar-refractivity contribution in [3.63, 3.8) is 0 Å². The van der Waals surface area contributed by atoms with E-state index in [1.807, 2.05) is 35.1 Å². The highest BCUT2D eigenvalue weighted by molar-refractivity contribution is 5.92. The summed E-state index contributed by atoms with van der Waals surface area (Å²) in [5, 5.41) is 11.5. The average Bonchev–Trinajstić information content (AvgIpc) is 3.40. The number of carbonyl (C=O) groups is 1. The molecule has 146 valence electrons. The lowest BCUT2D eigenvalue weighted by Gasteiger charge is -2.16. The van der Waals surface area contributed by atoms with E-state index >= 15 is 0 Å². The van der Waals surface area contributed by atoms with Gasteiger partial charge in [-0.25, -0.2) is 0 Å². The summed E-state index contributed by atoms with van der Waals surface area (Å²) in [4.78, 5) is 14.8. The number of aryl methyl sites for hydroxylation is 2. The van der Waals surface area contributed by atoms with Gasteiger partial charge in [-0.3, -0.25) is 14.6 Å². The van der Waals surface area contributed by atoms with Crippen LogP contribution in [0.4, 0.5) is 0 Å². The lowest BCUT2D eigenvalue weighted by Crippen LogP contribution is -2.28. The van der Waals surface area contributed by atoms with Crippen molar-refractivity contribution in [3.8, 4) is 11.1 Å². The lowest BCUT2D eigenvalue weighted by atomic mass is 9.93. The zero-order chi connectivity index (χ0) is 19.8. The number of nitrogens with one attached hydrogen (secondary N) is 1. The summed E-state index contributed by atoms with van der Waals surface area (Å²) in [6.07, 6.45) is 4.91. The number of amides is 1. The van der Waals surface area contributed by atoms with Crippen LogP contribution < -0.4 is 0 Å². The minimum absolute atomic E-state index is 0.0192. The minimum atomic E-state index is 0.0192. The Bertz CT molecular complexity index is 1000. The van der Waals surface area contributed by atoms with Gasteiger partial charge in [0.05, 0.1) is 6.20 Å².